The van der Waals surface area contributed by atoms with E-state index in [0.717, 1.165) is 10.4 Å². The largest absolute Gasteiger partial charge is 0.490 e. The standard InChI is InChI=1S/C23H21ClN2O3S/c1-16-8-10-17(11-9-16)22(27)26-20(15-18-5-4-14-30-18)23(28)25-12-13-29-21-7-3-2-6-19(21)24/h2-11,14-15H,12-13H2,1H3,(H,25,28)(H,26,27)/b20-15-. The van der Waals surface area contributed by atoms with Crippen LogP contribution in [0.25, 0.3) is 6.08 Å². The van der Waals surface area contributed by atoms with Gasteiger partial charge in [0.25, 0.3) is 11.8 Å². The molecule has 2 aromatic carbocycles. The molecule has 2 N–H and O–H groups in total. The average Bonchev–Trinajstić information content (AvgIpc) is 3.25. The molecule has 0 aliphatic heterocycles. The Morgan fingerprint density at radius 3 is 2.53 bits per heavy atom. The predicted molar refractivity (Wildman–Crippen MR) is 121 cm³/mol. The van der Waals surface area contributed by atoms with Gasteiger partial charge in [-0.15, -0.1) is 11.3 Å². The number of rotatable bonds is 8. The Morgan fingerprint density at radius 2 is 1.83 bits per heavy atom. The smallest absolute Gasteiger partial charge is 0.267 e. The third-order valence-corrected chi connectivity index (χ3v) is 5.25. The zero-order valence-electron chi connectivity index (χ0n) is 16.4. The number of para-hydroxylation sites is 1. The van der Waals surface area contributed by atoms with E-state index in [9.17, 15) is 9.59 Å². The van der Waals surface area contributed by atoms with Crippen molar-refractivity contribution in [3.63, 3.8) is 0 Å². The summed E-state index contributed by atoms with van der Waals surface area (Å²) < 4.78 is 5.58. The van der Waals surface area contributed by atoms with E-state index >= 15 is 0 Å². The molecule has 7 heteroatoms. The number of carbonyl (C=O) groups excluding carboxylic acids is 2. The monoisotopic (exact) mass is 440 g/mol. The van der Waals surface area contributed by atoms with Crippen LogP contribution >= 0.6 is 22.9 Å². The second kappa shape index (κ2) is 10.6. The molecule has 0 atom stereocenters. The van der Waals surface area contributed by atoms with Crippen molar-refractivity contribution in [1.82, 2.24) is 10.6 Å². The van der Waals surface area contributed by atoms with Crippen molar-refractivity contribution < 1.29 is 14.3 Å². The van der Waals surface area contributed by atoms with Gasteiger partial charge in [0, 0.05) is 10.4 Å². The summed E-state index contributed by atoms with van der Waals surface area (Å²) in [7, 11) is 0. The highest BCUT2D eigenvalue weighted by Crippen LogP contribution is 2.22. The topological polar surface area (TPSA) is 67.4 Å². The van der Waals surface area contributed by atoms with Crippen LogP contribution in [0.1, 0.15) is 20.8 Å². The van der Waals surface area contributed by atoms with E-state index in [1.54, 1.807) is 30.3 Å². The fourth-order valence-electron chi connectivity index (χ4n) is 2.56. The first-order valence-electron chi connectivity index (χ1n) is 9.31. The zero-order valence-corrected chi connectivity index (χ0v) is 17.9. The van der Waals surface area contributed by atoms with Gasteiger partial charge in [0.2, 0.25) is 0 Å². The first-order chi connectivity index (χ1) is 14.5. The van der Waals surface area contributed by atoms with Crippen molar-refractivity contribution in [2.75, 3.05) is 13.2 Å². The summed E-state index contributed by atoms with van der Waals surface area (Å²) in [5.41, 5.74) is 1.70. The fraction of sp³-hybridized carbons (Fsp3) is 0.130. The van der Waals surface area contributed by atoms with Crippen LogP contribution in [-0.4, -0.2) is 25.0 Å². The molecule has 2 amide bonds. The molecule has 5 nitrogen and oxygen atoms in total. The van der Waals surface area contributed by atoms with Gasteiger partial charge in [0.15, 0.2) is 0 Å². The molecule has 0 aliphatic rings. The summed E-state index contributed by atoms with van der Waals surface area (Å²) in [4.78, 5) is 26.1. The van der Waals surface area contributed by atoms with Gasteiger partial charge in [-0.05, 0) is 48.7 Å². The molecule has 0 fully saturated rings. The Morgan fingerprint density at radius 1 is 1.07 bits per heavy atom. The highest BCUT2D eigenvalue weighted by Gasteiger charge is 2.15. The Balaban J connectivity index is 1.63. The molecule has 0 aliphatic carbocycles. The number of thiophene rings is 1. The molecule has 1 aromatic heterocycles. The zero-order chi connectivity index (χ0) is 21.3. The third-order valence-electron chi connectivity index (χ3n) is 4.12. The minimum absolute atomic E-state index is 0.167. The molecule has 0 spiro atoms. The van der Waals surface area contributed by atoms with E-state index in [4.69, 9.17) is 16.3 Å². The maximum Gasteiger partial charge on any atom is 0.267 e. The third kappa shape index (κ3) is 6.20. The predicted octanol–water partition coefficient (Wildman–Crippen LogP) is 4.68. The summed E-state index contributed by atoms with van der Waals surface area (Å²) in [6, 6.07) is 18.0. The second-order valence-corrected chi connectivity index (χ2v) is 7.81. The van der Waals surface area contributed by atoms with Crippen molar-refractivity contribution in [3.8, 4) is 5.75 Å². The summed E-state index contributed by atoms with van der Waals surface area (Å²) in [5.74, 6) is -0.192. The van der Waals surface area contributed by atoms with Gasteiger partial charge in [0.1, 0.15) is 18.1 Å². The van der Waals surface area contributed by atoms with Gasteiger partial charge in [-0.1, -0.05) is 47.5 Å². The van der Waals surface area contributed by atoms with Crippen molar-refractivity contribution in [3.05, 3.63) is 92.8 Å². The second-order valence-electron chi connectivity index (χ2n) is 6.43. The molecule has 154 valence electrons. The van der Waals surface area contributed by atoms with E-state index in [1.165, 1.54) is 11.3 Å². The van der Waals surface area contributed by atoms with Crippen LogP contribution < -0.4 is 15.4 Å². The lowest BCUT2D eigenvalue weighted by molar-refractivity contribution is -0.117. The molecule has 30 heavy (non-hydrogen) atoms. The number of amides is 2. The Bertz CT molecular complexity index is 1030. The fourth-order valence-corrected chi connectivity index (χ4v) is 3.40. The van der Waals surface area contributed by atoms with Crippen LogP contribution in [0.3, 0.4) is 0 Å². The molecule has 0 unspecified atom stereocenters. The van der Waals surface area contributed by atoms with Crippen LogP contribution in [0.2, 0.25) is 5.02 Å². The number of hydrogen-bond acceptors (Lipinski definition) is 4. The summed E-state index contributed by atoms with van der Waals surface area (Å²) in [6.45, 7) is 2.45. The van der Waals surface area contributed by atoms with Gasteiger partial charge in [-0.3, -0.25) is 9.59 Å². The molecule has 0 radical (unpaired) electrons. The minimum atomic E-state index is -0.397. The van der Waals surface area contributed by atoms with Crippen molar-refractivity contribution in [1.29, 1.82) is 0 Å². The molecule has 1 heterocycles. The van der Waals surface area contributed by atoms with Crippen LogP contribution in [0.4, 0.5) is 0 Å². The number of aryl methyl sites for hydroxylation is 1. The van der Waals surface area contributed by atoms with Crippen LogP contribution in [0.5, 0.6) is 5.75 Å². The van der Waals surface area contributed by atoms with Gasteiger partial charge in [0.05, 0.1) is 11.6 Å². The van der Waals surface area contributed by atoms with Crippen LogP contribution in [-0.2, 0) is 4.79 Å². The lowest BCUT2D eigenvalue weighted by atomic mass is 10.1. The summed E-state index contributed by atoms with van der Waals surface area (Å²) in [6.07, 6.45) is 1.65. The minimum Gasteiger partial charge on any atom is -0.490 e. The number of carbonyl (C=O) groups is 2. The quantitative estimate of drug-likeness (QED) is 0.395. The molecule has 0 bridgehead atoms. The maximum absolute atomic E-state index is 12.7. The Kier molecular flexibility index (Phi) is 7.65. The molecular formula is C23H21ClN2O3S. The van der Waals surface area contributed by atoms with Gasteiger partial charge >= 0.3 is 0 Å². The molecular weight excluding hydrogens is 420 g/mol. The lowest BCUT2D eigenvalue weighted by Crippen LogP contribution is -2.36. The Hall–Kier alpha value is -3.09. The first kappa shape index (κ1) is 21.6. The normalized spacial score (nSPS) is 11.1. The number of ether oxygens (including phenoxy) is 1. The van der Waals surface area contributed by atoms with Crippen LogP contribution in [0, 0.1) is 6.92 Å². The van der Waals surface area contributed by atoms with Gasteiger partial charge in [-0.2, -0.15) is 0 Å². The van der Waals surface area contributed by atoms with Crippen LogP contribution in [0.15, 0.2) is 71.7 Å². The molecule has 0 saturated heterocycles. The summed E-state index contributed by atoms with van der Waals surface area (Å²) in [5, 5.41) is 7.89. The number of hydrogen-bond donors (Lipinski definition) is 2. The highest BCUT2D eigenvalue weighted by molar-refractivity contribution is 7.10. The first-order valence-corrected chi connectivity index (χ1v) is 10.6. The van der Waals surface area contributed by atoms with Crippen molar-refractivity contribution in [2.24, 2.45) is 0 Å². The van der Waals surface area contributed by atoms with E-state index in [2.05, 4.69) is 10.6 Å². The number of benzene rings is 2. The average molecular weight is 441 g/mol. The van der Waals surface area contributed by atoms with E-state index in [1.807, 2.05) is 48.7 Å². The van der Waals surface area contributed by atoms with Crippen molar-refractivity contribution in [2.45, 2.75) is 6.92 Å². The molecule has 0 saturated carbocycles. The highest BCUT2D eigenvalue weighted by atomic mass is 35.5. The summed E-state index contributed by atoms with van der Waals surface area (Å²) >= 11 is 7.53. The molecule has 3 aromatic rings. The van der Waals surface area contributed by atoms with E-state index in [-0.39, 0.29) is 24.8 Å². The number of nitrogens with one attached hydrogen (secondary N) is 2. The van der Waals surface area contributed by atoms with Gasteiger partial charge in [-0.25, -0.2) is 0 Å². The van der Waals surface area contributed by atoms with E-state index < -0.39 is 5.91 Å². The molecule has 3 rings (SSSR count). The van der Waals surface area contributed by atoms with Gasteiger partial charge < -0.3 is 15.4 Å². The van der Waals surface area contributed by atoms with E-state index in [0.29, 0.717) is 16.3 Å². The van der Waals surface area contributed by atoms with Crippen molar-refractivity contribution >= 4 is 40.8 Å². The lowest BCUT2D eigenvalue weighted by Gasteiger charge is -2.12. The Labute approximate surface area is 184 Å². The number of halogens is 1. The maximum atomic E-state index is 12.7. The SMILES string of the molecule is Cc1ccc(C(=O)N/C(=C\c2cccs2)C(=O)NCCOc2ccccc2Cl)cc1.